The lowest BCUT2D eigenvalue weighted by Gasteiger charge is -2.16. The third-order valence-corrected chi connectivity index (χ3v) is 3.67. The van der Waals surface area contributed by atoms with E-state index in [4.69, 9.17) is 6.42 Å². The summed E-state index contributed by atoms with van der Waals surface area (Å²) in [5, 5.41) is 5.91. The summed E-state index contributed by atoms with van der Waals surface area (Å²) in [6.07, 6.45) is 10.6. The van der Waals surface area contributed by atoms with Crippen LogP contribution in [-0.4, -0.2) is 19.0 Å². The Kier molecular flexibility index (Phi) is 9.02. The van der Waals surface area contributed by atoms with Gasteiger partial charge in [0.05, 0.1) is 6.54 Å². The minimum atomic E-state index is -0.0385. The molecule has 0 aliphatic carbocycles. The van der Waals surface area contributed by atoms with E-state index in [0.29, 0.717) is 18.9 Å². The molecule has 0 saturated carbocycles. The second-order valence-corrected chi connectivity index (χ2v) is 5.58. The zero-order chi connectivity index (χ0) is 16.2. The molecule has 1 aromatic carbocycles. The Labute approximate surface area is 134 Å². The Morgan fingerprint density at radius 3 is 2.36 bits per heavy atom. The summed E-state index contributed by atoms with van der Waals surface area (Å²) in [7, 11) is 0. The topological polar surface area (TPSA) is 41.1 Å². The fraction of sp³-hybridized carbons (Fsp3) is 0.526. The van der Waals surface area contributed by atoms with Crippen LogP contribution in [0.2, 0.25) is 0 Å². The second kappa shape index (κ2) is 10.9. The van der Waals surface area contributed by atoms with Crippen molar-refractivity contribution >= 4 is 11.6 Å². The Morgan fingerprint density at radius 2 is 1.82 bits per heavy atom. The predicted molar refractivity (Wildman–Crippen MR) is 93.9 cm³/mol. The smallest absolute Gasteiger partial charge is 0.238 e. The van der Waals surface area contributed by atoms with Crippen molar-refractivity contribution in [1.82, 2.24) is 5.32 Å². The number of nitrogens with one attached hydrogen (secondary N) is 2. The molecule has 0 atom stereocenters. The van der Waals surface area contributed by atoms with Crippen LogP contribution in [0.1, 0.15) is 57.4 Å². The van der Waals surface area contributed by atoms with Crippen LogP contribution >= 0.6 is 0 Å². The highest BCUT2D eigenvalue weighted by Gasteiger charge is 2.10. The molecular weight excluding hydrogens is 272 g/mol. The second-order valence-electron chi connectivity index (χ2n) is 5.58. The molecule has 2 N–H and O–H groups in total. The highest BCUT2D eigenvalue weighted by molar-refractivity contribution is 5.92. The summed E-state index contributed by atoms with van der Waals surface area (Å²) in [6.45, 7) is 5.41. The van der Waals surface area contributed by atoms with Crippen LogP contribution in [0.3, 0.4) is 0 Å². The van der Waals surface area contributed by atoms with Crippen LogP contribution in [0.25, 0.3) is 0 Å². The average molecular weight is 300 g/mol. The van der Waals surface area contributed by atoms with Crippen LogP contribution in [0.5, 0.6) is 0 Å². The van der Waals surface area contributed by atoms with Gasteiger partial charge in [-0.1, -0.05) is 38.8 Å². The van der Waals surface area contributed by atoms with E-state index in [1.54, 1.807) is 0 Å². The molecular formula is C19H28N2O. The Balaban J connectivity index is 2.50. The van der Waals surface area contributed by atoms with Gasteiger partial charge in [-0.05, 0) is 36.5 Å². The minimum absolute atomic E-state index is 0.0385. The van der Waals surface area contributed by atoms with Gasteiger partial charge in [-0.2, -0.15) is 0 Å². The van der Waals surface area contributed by atoms with Gasteiger partial charge >= 0.3 is 0 Å². The summed E-state index contributed by atoms with van der Waals surface area (Å²) >= 11 is 0. The zero-order valence-electron chi connectivity index (χ0n) is 13.8. The molecule has 1 aromatic rings. The maximum atomic E-state index is 11.8. The van der Waals surface area contributed by atoms with Gasteiger partial charge in [0.2, 0.25) is 5.91 Å². The summed E-state index contributed by atoms with van der Waals surface area (Å²) < 4.78 is 0. The molecule has 0 spiro atoms. The van der Waals surface area contributed by atoms with Crippen molar-refractivity contribution in [2.45, 2.75) is 51.9 Å². The molecule has 1 amide bonds. The Morgan fingerprint density at radius 1 is 1.18 bits per heavy atom. The summed E-state index contributed by atoms with van der Waals surface area (Å²) in [5.41, 5.74) is 2.22. The maximum Gasteiger partial charge on any atom is 0.238 e. The Bertz CT molecular complexity index is 467. The van der Waals surface area contributed by atoms with Crippen molar-refractivity contribution in [3.05, 3.63) is 29.8 Å². The van der Waals surface area contributed by atoms with E-state index in [0.717, 1.165) is 5.69 Å². The largest absolute Gasteiger partial charge is 0.325 e. The van der Waals surface area contributed by atoms with Crippen molar-refractivity contribution < 1.29 is 4.79 Å². The van der Waals surface area contributed by atoms with E-state index >= 15 is 0 Å². The SMILES string of the molecule is C#CCCNCC(=O)Nc1ccc(C(CCC)CCC)cc1. The van der Waals surface area contributed by atoms with Crippen LogP contribution in [-0.2, 0) is 4.79 Å². The average Bonchev–Trinajstić information content (AvgIpc) is 2.52. The van der Waals surface area contributed by atoms with Crippen molar-refractivity contribution in [3.63, 3.8) is 0 Å². The van der Waals surface area contributed by atoms with E-state index < -0.39 is 0 Å². The number of benzene rings is 1. The van der Waals surface area contributed by atoms with Gasteiger partial charge in [0.1, 0.15) is 0 Å². The molecule has 0 heterocycles. The van der Waals surface area contributed by atoms with Gasteiger partial charge in [0.15, 0.2) is 0 Å². The van der Waals surface area contributed by atoms with Crippen molar-refractivity contribution in [2.75, 3.05) is 18.4 Å². The molecule has 0 aliphatic heterocycles. The standard InChI is InChI=1S/C19H28N2O/c1-4-7-14-20-15-19(22)21-18-12-10-17(11-13-18)16(8-5-2)9-6-3/h1,10-13,16,20H,5-9,14-15H2,2-3H3,(H,21,22). The number of hydrogen-bond donors (Lipinski definition) is 2. The number of carbonyl (C=O) groups is 1. The number of anilines is 1. The number of hydrogen-bond acceptors (Lipinski definition) is 2. The lowest BCUT2D eigenvalue weighted by atomic mass is 9.90. The third kappa shape index (κ3) is 6.78. The first-order valence-corrected chi connectivity index (χ1v) is 8.25. The molecule has 120 valence electrons. The van der Waals surface area contributed by atoms with Gasteiger partial charge < -0.3 is 10.6 Å². The number of amides is 1. The summed E-state index contributed by atoms with van der Waals surface area (Å²) in [5.74, 6) is 3.13. The first kappa shape index (κ1) is 18.3. The molecule has 0 aromatic heterocycles. The van der Waals surface area contributed by atoms with E-state index in [9.17, 15) is 4.79 Å². The fourth-order valence-corrected chi connectivity index (χ4v) is 2.58. The van der Waals surface area contributed by atoms with E-state index in [-0.39, 0.29) is 12.5 Å². The van der Waals surface area contributed by atoms with Crippen molar-refractivity contribution in [3.8, 4) is 12.3 Å². The number of carbonyl (C=O) groups excluding carboxylic acids is 1. The first-order valence-electron chi connectivity index (χ1n) is 8.25. The van der Waals surface area contributed by atoms with Crippen molar-refractivity contribution in [2.24, 2.45) is 0 Å². The monoisotopic (exact) mass is 300 g/mol. The highest BCUT2D eigenvalue weighted by atomic mass is 16.1. The first-order chi connectivity index (χ1) is 10.7. The number of terminal acetylenes is 1. The van der Waals surface area contributed by atoms with Crippen molar-refractivity contribution in [1.29, 1.82) is 0 Å². The molecule has 3 nitrogen and oxygen atoms in total. The molecule has 1 rings (SSSR count). The lowest BCUT2D eigenvalue weighted by molar-refractivity contribution is -0.115. The molecule has 22 heavy (non-hydrogen) atoms. The molecule has 0 radical (unpaired) electrons. The zero-order valence-corrected chi connectivity index (χ0v) is 13.8. The summed E-state index contributed by atoms with van der Waals surface area (Å²) in [4.78, 5) is 11.8. The molecule has 0 saturated heterocycles. The predicted octanol–water partition coefficient (Wildman–Crippen LogP) is 3.92. The normalized spacial score (nSPS) is 10.5. The fourth-order valence-electron chi connectivity index (χ4n) is 2.58. The minimum Gasteiger partial charge on any atom is -0.325 e. The van der Waals surface area contributed by atoms with E-state index in [1.165, 1.54) is 31.2 Å². The van der Waals surface area contributed by atoms with Crippen LogP contribution < -0.4 is 10.6 Å². The lowest BCUT2D eigenvalue weighted by Crippen LogP contribution is -2.28. The molecule has 0 bridgehead atoms. The van der Waals surface area contributed by atoms with E-state index in [1.807, 2.05) is 12.1 Å². The van der Waals surface area contributed by atoms with Gasteiger partial charge in [-0.25, -0.2) is 0 Å². The highest BCUT2D eigenvalue weighted by Crippen LogP contribution is 2.27. The quantitative estimate of drug-likeness (QED) is 0.508. The van der Waals surface area contributed by atoms with Crippen LogP contribution in [0.15, 0.2) is 24.3 Å². The van der Waals surface area contributed by atoms with Gasteiger partial charge in [-0.15, -0.1) is 12.3 Å². The third-order valence-electron chi connectivity index (χ3n) is 3.67. The van der Waals surface area contributed by atoms with Gasteiger partial charge in [0.25, 0.3) is 0 Å². The molecule has 3 heteroatoms. The molecule has 0 aliphatic rings. The number of rotatable bonds is 10. The maximum absolute atomic E-state index is 11.8. The van der Waals surface area contributed by atoms with Gasteiger partial charge in [0, 0.05) is 18.7 Å². The molecule has 0 fully saturated rings. The van der Waals surface area contributed by atoms with Crippen LogP contribution in [0.4, 0.5) is 5.69 Å². The van der Waals surface area contributed by atoms with E-state index in [2.05, 4.69) is 42.5 Å². The van der Waals surface area contributed by atoms with Crippen LogP contribution in [0, 0.1) is 12.3 Å². The molecule has 0 unspecified atom stereocenters. The summed E-state index contributed by atoms with van der Waals surface area (Å²) in [6, 6.07) is 8.26. The van der Waals surface area contributed by atoms with Gasteiger partial charge in [-0.3, -0.25) is 4.79 Å². The Hall–Kier alpha value is -1.79.